The molecule has 1 aromatic carbocycles. The van der Waals surface area contributed by atoms with Gasteiger partial charge < -0.3 is 10.1 Å². The molecule has 2 aromatic rings. The van der Waals surface area contributed by atoms with Crippen LogP contribution in [0.4, 0.5) is 0 Å². The van der Waals surface area contributed by atoms with E-state index in [1.165, 1.54) is 0 Å². The van der Waals surface area contributed by atoms with E-state index in [-0.39, 0.29) is 5.41 Å². The average Bonchev–Trinajstić information content (AvgIpc) is 2.76. The second kappa shape index (κ2) is 4.48. The molecule has 2 N–H and O–H groups in total. The number of hydrogen-bond donors (Lipinski definition) is 2. The summed E-state index contributed by atoms with van der Waals surface area (Å²) in [6.07, 6.45) is 2.73. The maximum Gasteiger partial charge on any atom is 0.141 e. The van der Waals surface area contributed by atoms with Crippen LogP contribution in [-0.4, -0.2) is 15.1 Å². The Labute approximate surface area is 108 Å². The predicted octanol–water partition coefficient (Wildman–Crippen LogP) is 3.64. The van der Waals surface area contributed by atoms with Crippen molar-refractivity contribution in [1.82, 2.24) is 9.97 Å². The summed E-state index contributed by atoms with van der Waals surface area (Å²) in [7, 11) is 0. The van der Waals surface area contributed by atoms with Crippen LogP contribution < -0.4 is 0 Å². The van der Waals surface area contributed by atoms with Gasteiger partial charge in [-0.3, -0.25) is 0 Å². The number of aromatic hydroxyl groups is 1. The number of H-pyrrole nitrogens is 1. The number of aromatic nitrogens is 2. The number of benzene rings is 1. The van der Waals surface area contributed by atoms with E-state index in [4.69, 9.17) is 0 Å². The molecule has 0 radical (unpaired) electrons. The van der Waals surface area contributed by atoms with Crippen molar-refractivity contribution < 1.29 is 5.11 Å². The molecule has 0 aliphatic rings. The Morgan fingerprint density at radius 3 is 2.56 bits per heavy atom. The van der Waals surface area contributed by atoms with E-state index in [0.29, 0.717) is 5.75 Å². The van der Waals surface area contributed by atoms with Gasteiger partial charge in [-0.2, -0.15) is 0 Å². The van der Waals surface area contributed by atoms with Gasteiger partial charge in [-0.1, -0.05) is 39.8 Å². The van der Waals surface area contributed by atoms with Gasteiger partial charge in [-0.15, -0.1) is 0 Å². The van der Waals surface area contributed by atoms with Crippen molar-refractivity contribution in [2.24, 2.45) is 0 Å². The summed E-state index contributed by atoms with van der Waals surface area (Å²) in [5.74, 6) is 1.05. The fourth-order valence-electron chi connectivity index (χ4n) is 2.02. The van der Waals surface area contributed by atoms with Crippen LogP contribution >= 0.6 is 0 Å². The van der Waals surface area contributed by atoms with E-state index in [1.807, 2.05) is 24.4 Å². The summed E-state index contributed by atoms with van der Waals surface area (Å²) in [6.45, 7) is 8.34. The van der Waals surface area contributed by atoms with Crippen LogP contribution in [0.15, 0.2) is 24.4 Å². The molecule has 0 atom stereocenters. The molecule has 0 saturated heterocycles. The van der Waals surface area contributed by atoms with Crippen LogP contribution in [0.5, 0.6) is 5.75 Å². The molecule has 0 fully saturated rings. The second-order valence-corrected chi connectivity index (χ2v) is 5.56. The minimum Gasteiger partial charge on any atom is -0.507 e. The minimum absolute atomic E-state index is 0.0831. The predicted molar refractivity (Wildman–Crippen MR) is 73.8 cm³/mol. The molecule has 0 aliphatic carbocycles. The number of phenolic OH excluding ortho intramolecular Hbond substituents is 1. The lowest BCUT2D eigenvalue weighted by Gasteiger charge is -2.21. The van der Waals surface area contributed by atoms with E-state index >= 15 is 0 Å². The molecule has 96 valence electrons. The SMILES string of the molecule is CCc1cnc(-c2cccc(C(C)(C)C)c2O)[nH]1. The van der Waals surface area contributed by atoms with Gasteiger partial charge in [0, 0.05) is 11.9 Å². The molecule has 0 aliphatic heterocycles. The van der Waals surface area contributed by atoms with Crippen molar-refractivity contribution in [2.75, 3.05) is 0 Å². The van der Waals surface area contributed by atoms with Crippen molar-refractivity contribution in [1.29, 1.82) is 0 Å². The zero-order valence-electron chi connectivity index (χ0n) is 11.4. The molecular formula is C15H20N2O. The highest BCUT2D eigenvalue weighted by Crippen LogP contribution is 2.37. The summed E-state index contributed by atoms with van der Waals surface area (Å²) in [6, 6.07) is 5.81. The Bertz CT molecular complexity index is 550. The first-order chi connectivity index (χ1) is 8.43. The Morgan fingerprint density at radius 2 is 2.00 bits per heavy atom. The topological polar surface area (TPSA) is 48.9 Å². The highest BCUT2D eigenvalue weighted by molar-refractivity contribution is 5.67. The molecule has 1 heterocycles. The second-order valence-electron chi connectivity index (χ2n) is 5.56. The zero-order chi connectivity index (χ0) is 13.3. The van der Waals surface area contributed by atoms with Crippen LogP contribution in [0.3, 0.4) is 0 Å². The Balaban J connectivity index is 2.52. The molecule has 0 spiro atoms. The van der Waals surface area contributed by atoms with Crippen LogP contribution in [-0.2, 0) is 11.8 Å². The van der Waals surface area contributed by atoms with Gasteiger partial charge in [0.05, 0.1) is 5.56 Å². The maximum atomic E-state index is 10.4. The lowest BCUT2D eigenvalue weighted by atomic mass is 9.85. The fraction of sp³-hybridized carbons (Fsp3) is 0.400. The van der Waals surface area contributed by atoms with Crippen molar-refractivity contribution >= 4 is 0 Å². The largest absolute Gasteiger partial charge is 0.507 e. The number of para-hydroxylation sites is 1. The standard InChI is InChI=1S/C15H20N2O/c1-5-10-9-16-14(17-10)11-7-6-8-12(13(11)18)15(2,3)4/h6-9,18H,5H2,1-4H3,(H,16,17). The Morgan fingerprint density at radius 1 is 1.28 bits per heavy atom. The van der Waals surface area contributed by atoms with Crippen LogP contribution in [0.2, 0.25) is 0 Å². The van der Waals surface area contributed by atoms with Gasteiger partial charge in [-0.05, 0) is 23.5 Å². The third kappa shape index (κ3) is 2.26. The molecule has 1 aromatic heterocycles. The quantitative estimate of drug-likeness (QED) is 0.847. The minimum atomic E-state index is -0.0831. The van der Waals surface area contributed by atoms with E-state index < -0.39 is 0 Å². The first-order valence-electron chi connectivity index (χ1n) is 6.30. The monoisotopic (exact) mass is 244 g/mol. The maximum absolute atomic E-state index is 10.4. The Kier molecular flexibility index (Phi) is 3.16. The number of rotatable bonds is 2. The molecule has 0 saturated carbocycles. The highest BCUT2D eigenvalue weighted by atomic mass is 16.3. The first-order valence-corrected chi connectivity index (χ1v) is 6.30. The van der Waals surface area contributed by atoms with E-state index in [2.05, 4.69) is 37.7 Å². The number of nitrogens with one attached hydrogen (secondary N) is 1. The normalized spacial score (nSPS) is 11.8. The molecule has 0 bridgehead atoms. The number of hydrogen-bond acceptors (Lipinski definition) is 2. The van der Waals surface area contributed by atoms with Gasteiger partial charge in [-0.25, -0.2) is 4.98 Å². The summed E-state index contributed by atoms with van der Waals surface area (Å²) in [4.78, 5) is 7.55. The number of phenols is 1. The van der Waals surface area contributed by atoms with Gasteiger partial charge in [0.15, 0.2) is 0 Å². The number of aromatic amines is 1. The van der Waals surface area contributed by atoms with E-state index in [0.717, 1.165) is 29.1 Å². The van der Waals surface area contributed by atoms with Gasteiger partial charge in [0.1, 0.15) is 11.6 Å². The third-order valence-electron chi connectivity index (χ3n) is 3.11. The summed E-state index contributed by atoms with van der Waals surface area (Å²) >= 11 is 0. The van der Waals surface area contributed by atoms with Crippen molar-refractivity contribution in [3.8, 4) is 17.1 Å². The highest BCUT2D eigenvalue weighted by Gasteiger charge is 2.21. The smallest absolute Gasteiger partial charge is 0.141 e. The third-order valence-corrected chi connectivity index (χ3v) is 3.11. The van der Waals surface area contributed by atoms with E-state index in [1.54, 1.807) is 0 Å². The van der Waals surface area contributed by atoms with Crippen molar-refractivity contribution in [3.63, 3.8) is 0 Å². The van der Waals surface area contributed by atoms with Gasteiger partial charge >= 0.3 is 0 Å². The van der Waals surface area contributed by atoms with Crippen LogP contribution in [0, 0.1) is 0 Å². The zero-order valence-corrected chi connectivity index (χ0v) is 11.4. The molecule has 0 amide bonds. The fourth-order valence-corrected chi connectivity index (χ4v) is 2.02. The Hall–Kier alpha value is -1.77. The molecule has 3 heteroatoms. The van der Waals surface area contributed by atoms with Gasteiger partial charge in [0.2, 0.25) is 0 Å². The van der Waals surface area contributed by atoms with Crippen LogP contribution in [0.1, 0.15) is 39.0 Å². The van der Waals surface area contributed by atoms with E-state index in [9.17, 15) is 5.11 Å². The molecule has 18 heavy (non-hydrogen) atoms. The molecule has 2 rings (SSSR count). The number of nitrogens with zero attached hydrogens (tertiary/aromatic N) is 1. The summed E-state index contributed by atoms with van der Waals surface area (Å²) < 4.78 is 0. The average molecular weight is 244 g/mol. The first kappa shape index (κ1) is 12.7. The summed E-state index contributed by atoms with van der Waals surface area (Å²) in [5, 5.41) is 10.4. The lowest BCUT2D eigenvalue weighted by Crippen LogP contribution is -2.11. The summed E-state index contributed by atoms with van der Waals surface area (Å²) in [5.41, 5.74) is 2.70. The number of aryl methyl sites for hydroxylation is 1. The molecule has 0 unspecified atom stereocenters. The lowest BCUT2D eigenvalue weighted by molar-refractivity contribution is 0.448. The van der Waals surface area contributed by atoms with Gasteiger partial charge in [0.25, 0.3) is 0 Å². The number of imidazole rings is 1. The molecular weight excluding hydrogens is 224 g/mol. The molecule has 3 nitrogen and oxygen atoms in total. The van der Waals surface area contributed by atoms with Crippen molar-refractivity contribution in [3.05, 3.63) is 35.7 Å². The van der Waals surface area contributed by atoms with Crippen molar-refractivity contribution in [2.45, 2.75) is 39.5 Å². The van der Waals surface area contributed by atoms with Crippen LogP contribution in [0.25, 0.3) is 11.4 Å².